The molecular weight excluding hydrogens is 484 g/mol. The molecule has 0 fully saturated rings. The molecule has 4 aromatic carbocycles. The maximum Gasteiger partial charge on any atom is 0.0467 e. The van der Waals surface area contributed by atoms with Gasteiger partial charge >= 0.3 is 0 Å². The summed E-state index contributed by atoms with van der Waals surface area (Å²) >= 11 is 0. The van der Waals surface area contributed by atoms with E-state index < -0.39 is 0 Å². The molecule has 5 aromatic rings. The van der Waals surface area contributed by atoms with E-state index in [1.165, 1.54) is 72.0 Å². The van der Waals surface area contributed by atoms with E-state index in [0.717, 1.165) is 24.2 Å². The number of rotatable bonds is 5. The highest BCUT2D eigenvalue weighted by Gasteiger charge is 2.22. The number of allylic oxidation sites excluding steroid dienone is 4. The minimum Gasteiger partial charge on any atom is -0.361 e. The van der Waals surface area contributed by atoms with Gasteiger partial charge in [0.05, 0.1) is 0 Å². The van der Waals surface area contributed by atoms with Crippen LogP contribution in [-0.2, 0) is 6.42 Å². The Kier molecular flexibility index (Phi) is 5.97. The second kappa shape index (κ2) is 9.81. The van der Waals surface area contributed by atoms with Gasteiger partial charge in [0.25, 0.3) is 0 Å². The second-order valence-corrected chi connectivity index (χ2v) is 10.8. The number of aryl methyl sites for hydroxylation is 1. The summed E-state index contributed by atoms with van der Waals surface area (Å²) in [6.45, 7) is 6.34. The molecule has 7 rings (SSSR count). The molecule has 1 aliphatic heterocycles. The molecule has 0 saturated heterocycles. The molecule has 1 aromatic heterocycles. The number of aliphatic imine (C=N–C) groups is 1. The van der Waals surface area contributed by atoms with Crippen LogP contribution < -0.4 is 0 Å². The van der Waals surface area contributed by atoms with Crippen molar-refractivity contribution in [2.24, 2.45) is 4.99 Å². The number of hydrogen-bond donors (Lipinski definition) is 1. The largest absolute Gasteiger partial charge is 0.361 e. The monoisotopic (exact) mass is 516 g/mol. The van der Waals surface area contributed by atoms with Crippen molar-refractivity contribution < 1.29 is 0 Å². The lowest BCUT2D eigenvalue weighted by atomic mass is 9.79. The molecular formula is C38H32N2. The fourth-order valence-corrected chi connectivity index (χ4v) is 6.28. The van der Waals surface area contributed by atoms with Crippen LogP contribution >= 0.6 is 0 Å². The van der Waals surface area contributed by atoms with Gasteiger partial charge in [-0.3, -0.25) is 4.99 Å². The van der Waals surface area contributed by atoms with Crippen molar-refractivity contribution in [3.05, 3.63) is 125 Å². The van der Waals surface area contributed by atoms with Gasteiger partial charge in [-0.2, -0.15) is 0 Å². The van der Waals surface area contributed by atoms with E-state index in [1.54, 1.807) is 0 Å². The molecule has 2 heteroatoms. The summed E-state index contributed by atoms with van der Waals surface area (Å²) in [6, 6.07) is 27.1. The quantitative estimate of drug-likeness (QED) is 0.241. The van der Waals surface area contributed by atoms with Gasteiger partial charge in [-0.1, -0.05) is 78.9 Å². The first-order valence-electron chi connectivity index (χ1n) is 14.1. The average Bonchev–Trinajstić information content (AvgIpc) is 3.45. The van der Waals surface area contributed by atoms with Crippen LogP contribution in [0.3, 0.4) is 0 Å². The summed E-state index contributed by atoms with van der Waals surface area (Å²) in [4.78, 5) is 7.82. The summed E-state index contributed by atoms with van der Waals surface area (Å²) < 4.78 is 0. The highest BCUT2D eigenvalue weighted by molar-refractivity contribution is 6.16. The molecule has 0 unspecified atom stereocenters. The van der Waals surface area contributed by atoms with Crippen LogP contribution in [0.4, 0.5) is 0 Å². The van der Waals surface area contributed by atoms with Crippen molar-refractivity contribution in [3.8, 4) is 33.5 Å². The van der Waals surface area contributed by atoms with Gasteiger partial charge < -0.3 is 4.98 Å². The summed E-state index contributed by atoms with van der Waals surface area (Å²) in [5.74, 6) is 0. The van der Waals surface area contributed by atoms with E-state index in [-0.39, 0.29) is 0 Å². The molecule has 0 bridgehead atoms. The van der Waals surface area contributed by atoms with Crippen LogP contribution in [0.1, 0.15) is 48.1 Å². The standard InChI is InChI=1S/C38H32N2/c1-4-10-26-19-29(18-17-24(26)2)38-33-15-7-5-13-31(33)37(32-14-6-8-16-34(32)38)28-12-9-11-27(20-28)36-21-30(22-40-36)35-23-39-25(35)3/h4-5,7-13,15-23,40H,6,14H2,1-3H3/b10-4-. The van der Waals surface area contributed by atoms with Gasteiger partial charge in [0.2, 0.25) is 0 Å². The number of fused-ring (bicyclic) bond motifs is 2. The maximum atomic E-state index is 4.31. The van der Waals surface area contributed by atoms with E-state index in [0.29, 0.717) is 0 Å². The van der Waals surface area contributed by atoms with Crippen LogP contribution in [0.25, 0.3) is 62.0 Å². The van der Waals surface area contributed by atoms with Crippen LogP contribution in [0.2, 0.25) is 0 Å². The zero-order valence-corrected chi connectivity index (χ0v) is 23.3. The number of nitrogens with one attached hydrogen (secondary N) is 1. The van der Waals surface area contributed by atoms with E-state index in [9.17, 15) is 0 Å². The molecule has 2 aliphatic rings. The lowest BCUT2D eigenvalue weighted by Crippen LogP contribution is -2.03. The number of benzene rings is 4. The molecule has 40 heavy (non-hydrogen) atoms. The predicted molar refractivity (Wildman–Crippen MR) is 172 cm³/mol. The summed E-state index contributed by atoms with van der Waals surface area (Å²) in [7, 11) is 0. The fourth-order valence-electron chi connectivity index (χ4n) is 6.28. The number of hydrogen-bond acceptors (Lipinski definition) is 1. The number of aromatic nitrogens is 1. The molecule has 0 atom stereocenters. The Hall–Kier alpha value is -4.69. The van der Waals surface area contributed by atoms with E-state index in [2.05, 4.69) is 134 Å². The van der Waals surface area contributed by atoms with E-state index in [4.69, 9.17) is 0 Å². The smallest absolute Gasteiger partial charge is 0.0467 e. The first kappa shape index (κ1) is 24.4. The normalized spacial score (nSPS) is 14.3. The zero-order valence-electron chi connectivity index (χ0n) is 23.3. The summed E-state index contributed by atoms with van der Waals surface area (Å²) in [6.07, 6.45) is 15.2. The SMILES string of the molecule is C/C=C\c1cc(-c2c3c(c(-c4cccc(-c5cc(C6=C(C)N=C6)c[nH]5)c4)c4ccccc24)CCC=C3)ccc1C. The van der Waals surface area contributed by atoms with Crippen molar-refractivity contribution in [1.82, 2.24) is 4.98 Å². The highest BCUT2D eigenvalue weighted by atomic mass is 14.8. The van der Waals surface area contributed by atoms with Gasteiger partial charge in [-0.05, 0) is 113 Å². The zero-order chi connectivity index (χ0) is 27.2. The predicted octanol–water partition coefficient (Wildman–Crippen LogP) is 10.3. The second-order valence-electron chi connectivity index (χ2n) is 10.8. The molecule has 2 nitrogen and oxygen atoms in total. The van der Waals surface area contributed by atoms with E-state index >= 15 is 0 Å². The average molecular weight is 517 g/mol. The van der Waals surface area contributed by atoms with Gasteiger partial charge in [-0.15, -0.1) is 0 Å². The van der Waals surface area contributed by atoms with Crippen LogP contribution in [0, 0.1) is 6.92 Å². The van der Waals surface area contributed by atoms with Crippen molar-refractivity contribution >= 4 is 34.7 Å². The van der Waals surface area contributed by atoms with Gasteiger partial charge in [-0.25, -0.2) is 0 Å². The third kappa shape index (κ3) is 3.99. The van der Waals surface area contributed by atoms with Gasteiger partial charge in [0.1, 0.15) is 0 Å². The Labute approximate surface area is 236 Å². The third-order valence-corrected chi connectivity index (χ3v) is 8.35. The lowest BCUT2D eigenvalue weighted by molar-refractivity contribution is 0.991. The molecule has 0 spiro atoms. The minimum absolute atomic E-state index is 1.04. The minimum atomic E-state index is 1.04. The van der Waals surface area contributed by atoms with Crippen molar-refractivity contribution in [1.29, 1.82) is 0 Å². The van der Waals surface area contributed by atoms with Crippen LogP contribution in [-0.4, -0.2) is 11.2 Å². The third-order valence-electron chi connectivity index (χ3n) is 8.35. The first-order chi connectivity index (χ1) is 19.6. The fraction of sp³-hybridized carbons (Fsp3) is 0.132. The number of aromatic amines is 1. The van der Waals surface area contributed by atoms with Crippen molar-refractivity contribution in [3.63, 3.8) is 0 Å². The summed E-state index contributed by atoms with van der Waals surface area (Å²) in [5, 5.41) is 2.62. The number of H-pyrrole nitrogens is 1. The Morgan fingerprint density at radius 3 is 2.38 bits per heavy atom. The molecule has 2 heterocycles. The van der Waals surface area contributed by atoms with Crippen LogP contribution in [0.15, 0.2) is 102 Å². The van der Waals surface area contributed by atoms with Crippen molar-refractivity contribution in [2.45, 2.75) is 33.6 Å². The van der Waals surface area contributed by atoms with Crippen molar-refractivity contribution in [2.75, 3.05) is 0 Å². The molecule has 194 valence electrons. The topological polar surface area (TPSA) is 28.1 Å². The van der Waals surface area contributed by atoms with Gasteiger partial charge in [0.15, 0.2) is 0 Å². The molecule has 0 saturated carbocycles. The Balaban J connectivity index is 1.43. The number of nitrogens with zero attached hydrogens (tertiary/aromatic N) is 1. The maximum absolute atomic E-state index is 4.31. The molecule has 1 aliphatic carbocycles. The molecule has 1 N–H and O–H groups in total. The van der Waals surface area contributed by atoms with Gasteiger partial charge in [0, 0.05) is 34.9 Å². The van der Waals surface area contributed by atoms with Crippen LogP contribution in [0.5, 0.6) is 0 Å². The Morgan fingerprint density at radius 2 is 1.60 bits per heavy atom. The summed E-state index contributed by atoms with van der Waals surface area (Å²) in [5.41, 5.74) is 16.4. The van der Waals surface area contributed by atoms with E-state index in [1.807, 2.05) is 6.21 Å². The first-order valence-corrected chi connectivity index (χ1v) is 14.1. The molecule has 0 amide bonds. The Bertz CT molecular complexity index is 1920. The lowest BCUT2D eigenvalue weighted by Gasteiger charge is -2.24. The highest BCUT2D eigenvalue weighted by Crippen LogP contribution is 2.45. The molecule has 0 radical (unpaired) electrons. The Morgan fingerprint density at radius 1 is 0.800 bits per heavy atom.